The van der Waals surface area contributed by atoms with Crippen molar-refractivity contribution in [2.75, 3.05) is 0 Å². The molecule has 0 saturated heterocycles. The SMILES string of the molecule is CC(=O)C(O)C(C)(O)C(C)(O)C(O)(C(C)=O)C(O)C(C)=O. The summed E-state index contributed by atoms with van der Waals surface area (Å²) >= 11 is 0. The van der Waals surface area contributed by atoms with Gasteiger partial charge in [-0.2, -0.15) is 0 Å². The van der Waals surface area contributed by atoms with Gasteiger partial charge in [-0.05, 0) is 34.6 Å². The Morgan fingerprint density at radius 3 is 1.38 bits per heavy atom. The molecule has 0 aromatic carbocycles. The number of carbonyl (C=O) groups is 3. The highest BCUT2D eigenvalue weighted by atomic mass is 16.4. The molecule has 0 rings (SSSR count). The summed E-state index contributed by atoms with van der Waals surface area (Å²) < 4.78 is 0. The van der Waals surface area contributed by atoms with Crippen LogP contribution in [-0.4, -0.2) is 71.9 Å². The van der Waals surface area contributed by atoms with Crippen LogP contribution in [0.25, 0.3) is 0 Å². The third-order valence-corrected chi connectivity index (χ3v) is 3.96. The Bertz CT molecular complexity index is 453. The highest BCUT2D eigenvalue weighted by molar-refractivity contribution is 5.95. The Morgan fingerprint density at radius 1 is 0.810 bits per heavy atom. The van der Waals surface area contributed by atoms with Crippen molar-refractivity contribution < 1.29 is 39.9 Å². The number of rotatable bonds is 7. The van der Waals surface area contributed by atoms with Crippen LogP contribution in [0.5, 0.6) is 0 Å². The molecule has 0 aromatic rings. The summed E-state index contributed by atoms with van der Waals surface area (Å²) in [6.45, 7) is 4.12. The molecule has 21 heavy (non-hydrogen) atoms. The first-order valence-corrected chi connectivity index (χ1v) is 6.20. The van der Waals surface area contributed by atoms with Crippen LogP contribution in [0, 0.1) is 0 Å². The van der Waals surface area contributed by atoms with Crippen molar-refractivity contribution in [2.24, 2.45) is 0 Å². The Hall–Kier alpha value is -1.19. The average molecular weight is 306 g/mol. The summed E-state index contributed by atoms with van der Waals surface area (Å²) in [4.78, 5) is 34.2. The van der Waals surface area contributed by atoms with Gasteiger partial charge in [-0.3, -0.25) is 14.4 Å². The minimum atomic E-state index is -3.11. The van der Waals surface area contributed by atoms with E-state index in [4.69, 9.17) is 0 Å². The fourth-order valence-corrected chi connectivity index (χ4v) is 2.14. The molecule has 5 N–H and O–H groups in total. The van der Waals surface area contributed by atoms with Crippen molar-refractivity contribution >= 4 is 17.3 Å². The molecule has 8 nitrogen and oxygen atoms in total. The van der Waals surface area contributed by atoms with Gasteiger partial charge in [-0.1, -0.05) is 0 Å². The Morgan fingerprint density at radius 2 is 1.14 bits per heavy atom. The molecule has 5 unspecified atom stereocenters. The van der Waals surface area contributed by atoms with E-state index in [-0.39, 0.29) is 0 Å². The predicted octanol–water partition coefficient (Wildman–Crippen LogP) is -2.29. The molecule has 0 saturated carbocycles. The molecule has 0 spiro atoms. The maximum absolute atomic E-state index is 11.7. The Kier molecular flexibility index (Phi) is 5.56. The van der Waals surface area contributed by atoms with E-state index in [9.17, 15) is 39.9 Å². The van der Waals surface area contributed by atoms with E-state index in [1.165, 1.54) is 0 Å². The summed E-state index contributed by atoms with van der Waals surface area (Å²) in [6.07, 6.45) is -4.51. The van der Waals surface area contributed by atoms with Crippen molar-refractivity contribution in [3.63, 3.8) is 0 Å². The van der Waals surface area contributed by atoms with Crippen molar-refractivity contribution in [1.29, 1.82) is 0 Å². The van der Waals surface area contributed by atoms with E-state index in [2.05, 4.69) is 0 Å². The van der Waals surface area contributed by atoms with E-state index in [1.54, 1.807) is 0 Å². The number of aliphatic hydroxyl groups is 5. The van der Waals surface area contributed by atoms with Gasteiger partial charge >= 0.3 is 0 Å². The van der Waals surface area contributed by atoms with Crippen LogP contribution >= 0.6 is 0 Å². The van der Waals surface area contributed by atoms with Gasteiger partial charge in [0, 0.05) is 0 Å². The smallest absolute Gasteiger partial charge is 0.187 e. The first kappa shape index (κ1) is 19.8. The molecular formula is C13H22O8. The Labute approximate surface area is 122 Å². The largest absolute Gasteiger partial charge is 0.384 e. The van der Waals surface area contributed by atoms with Gasteiger partial charge in [-0.25, -0.2) is 0 Å². The predicted molar refractivity (Wildman–Crippen MR) is 70.3 cm³/mol. The molecule has 8 heteroatoms. The summed E-state index contributed by atoms with van der Waals surface area (Å²) in [5.74, 6) is -3.20. The molecule has 0 aliphatic rings. The highest BCUT2D eigenvalue weighted by Gasteiger charge is 2.66. The molecule has 0 aliphatic heterocycles. The second-order valence-electron chi connectivity index (χ2n) is 5.57. The van der Waals surface area contributed by atoms with Crippen molar-refractivity contribution in [2.45, 2.75) is 63.6 Å². The molecule has 0 aromatic heterocycles. The summed E-state index contributed by atoms with van der Waals surface area (Å²) in [7, 11) is 0. The lowest BCUT2D eigenvalue weighted by Crippen LogP contribution is -2.76. The van der Waals surface area contributed by atoms with Gasteiger partial charge in [0.15, 0.2) is 29.1 Å². The molecule has 0 heterocycles. The number of hydrogen-bond acceptors (Lipinski definition) is 8. The van der Waals surface area contributed by atoms with Crippen LogP contribution in [0.3, 0.4) is 0 Å². The van der Waals surface area contributed by atoms with E-state index in [0.717, 1.165) is 34.6 Å². The minimum absolute atomic E-state index is 0.743. The summed E-state index contributed by atoms with van der Waals surface area (Å²) in [6, 6.07) is 0. The molecule has 0 aliphatic carbocycles. The van der Waals surface area contributed by atoms with Crippen LogP contribution in [0.1, 0.15) is 34.6 Å². The second-order valence-corrected chi connectivity index (χ2v) is 5.57. The lowest BCUT2D eigenvalue weighted by Gasteiger charge is -2.50. The molecular weight excluding hydrogens is 284 g/mol. The molecule has 0 bridgehead atoms. The zero-order valence-electron chi connectivity index (χ0n) is 12.6. The third-order valence-electron chi connectivity index (χ3n) is 3.96. The minimum Gasteiger partial charge on any atom is -0.384 e. The normalized spacial score (nSPS) is 23.1. The van der Waals surface area contributed by atoms with E-state index < -0.39 is 46.4 Å². The summed E-state index contributed by atoms with van der Waals surface area (Å²) in [5.41, 5.74) is -8.73. The average Bonchev–Trinajstić information content (AvgIpc) is 2.34. The zero-order valence-corrected chi connectivity index (χ0v) is 12.6. The number of ketones is 3. The van der Waals surface area contributed by atoms with Crippen LogP contribution in [0.15, 0.2) is 0 Å². The second kappa shape index (κ2) is 5.90. The van der Waals surface area contributed by atoms with Crippen LogP contribution in [0.2, 0.25) is 0 Å². The van der Waals surface area contributed by atoms with Crippen molar-refractivity contribution in [1.82, 2.24) is 0 Å². The van der Waals surface area contributed by atoms with Gasteiger partial charge in [0.25, 0.3) is 0 Å². The Balaban J connectivity index is 6.19. The van der Waals surface area contributed by atoms with Crippen molar-refractivity contribution in [3.05, 3.63) is 0 Å². The van der Waals surface area contributed by atoms with E-state index in [0.29, 0.717) is 0 Å². The van der Waals surface area contributed by atoms with Gasteiger partial charge in [-0.15, -0.1) is 0 Å². The first-order chi connectivity index (χ1) is 9.15. The van der Waals surface area contributed by atoms with Gasteiger partial charge in [0.05, 0.1) is 0 Å². The molecule has 0 radical (unpaired) electrons. The number of aliphatic hydroxyl groups excluding tert-OH is 2. The summed E-state index contributed by atoms with van der Waals surface area (Å²) in [5, 5.41) is 50.5. The first-order valence-electron chi connectivity index (χ1n) is 6.20. The third kappa shape index (κ3) is 2.90. The number of carbonyl (C=O) groups excluding carboxylic acids is 3. The van der Waals surface area contributed by atoms with Crippen molar-refractivity contribution in [3.8, 4) is 0 Å². The standard InChI is InChI=1S/C13H22O8/c1-6(14)9(17)11(4,19)12(5,20)13(21,8(3)16)10(18)7(2)15/h9-10,17-21H,1-5H3. The number of Topliss-reactive ketones (excluding diaryl/α,β-unsaturated/α-hetero) is 3. The number of hydrogen-bond donors (Lipinski definition) is 5. The van der Waals surface area contributed by atoms with Gasteiger partial charge in [0.1, 0.15) is 17.3 Å². The molecule has 0 amide bonds. The van der Waals surface area contributed by atoms with E-state index >= 15 is 0 Å². The van der Waals surface area contributed by atoms with Crippen LogP contribution < -0.4 is 0 Å². The fourth-order valence-electron chi connectivity index (χ4n) is 2.14. The van der Waals surface area contributed by atoms with Gasteiger partial charge in [0.2, 0.25) is 0 Å². The maximum Gasteiger partial charge on any atom is 0.187 e. The maximum atomic E-state index is 11.7. The molecule has 0 fully saturated rings. The molecule has 5 atom stereocenters. The lowest BCUT2D eigenvalue weighted by atomic mass is 9.65. The van der Waals surface area contributed by atoms with Crippen LogP contribution in [-0.2, 0) is 14.4 Å². The molecule has 122 valence electrons. The van der Waals surface area contributed by atoms with Gasteiger partial charge < -0.3 is 25.5 Å². The topological polar surface area (TPSA) is 152 Å². The zero-order chi connectivity index (χ0) is 17.4. The lowest BCUT2D eigenvalue weighted by molar-refractivity contribution is -0.265. The van der Waals surface area contributed by atoms with E-state index in [1.807, 2.05) is 0 Å². The fraction of sp³-hybridized carbons (Fsp3) is 0.769. The quantitative estimate of drug-likeness (QED) is 0.352. The van der Waals surface area contributed by atoms with Crippen LogP contribution in [0.4, 0.5) is 0 Å². The highest BCUT2D eigenvalue weighted by Crippen LogP contribution is 2.38. The monoisotopic (exact) mass is 306 g/mol.